The molecule has 0 amide bonds. The Labute approximate surface area is 116 Å². The maximum atomic E-state index is 13.7. The van der Waals surface area contributed by atoms with Crippen molar-refractivity contribution in [2.24, 2.45) is 5.73 Å². The predicted octanol–water partition coefficient (Wildman–Crippen LogP) is 3.29. The van der Waals surface area contributed by atoms with E-state index in [1.54, 1.807) is 18.2 Å². The Balaban J connectivity index is 2.15. The molecule has 98 valence electrons. The van der Waals surface area contributed by atoms with Gasteiger partial charge in [-0.15, -0.1) is 0 Å². The van der Waals surface area contributed by atoms with Crippen LogP contribution in [-0.2, 0) is 11.2 Å². The second-order valence-corrected chi connectivity index (χ2v) is 4.65. The Bertz CT molecular complexity index is 586. The van der Waals surface area contributed by atoms with Crippen LogP contribution in [0.5, 0.6) is 0 Å². The molecule has 0 saturated heterocycles. The van der Waals surface area contributed by atoms with E-state index < -0.39 is 11.9 Å². The smallest absolute Gasteiger partial charge is 0.158 e. The number of hydrogen-bond donors (Lipinski definition) is 1. The molecule has 0 aliphatic rings. The van der Waals surface area contributed by atoms with Crippen molar-refractivity contribution in [2.45, 2.75) is 12.5 Å². The molecule has 19 heavy (non-hydrogen) atoms. The Morgan fingerprint density at radius 2 is 1.84 bits per heavy atom. The molecule has 2 aromatic rings. The number of benzene rings is 2. The second-order valence-electron chi connectivity index (χ2n) is 4.24. The SMILES string of the molecule is N[C@@H](C(=O)Cc1cccc(Cl)c1F)c1ccccc1. The van der Waals surface area contributed by atoms with Crippen LogP contribution in [0.3, 0.4) is 0 Å². The third-order valence-electron chi connectivity index (χ3n) is 2.90. The van der Waals surface area contributed by atoms with Crippen molar-refractivity contribution in [2.75, 3.05) is 0 Å². The lowest BCUT2D eigenvalue weighted by atomic mass is 9.98. The molecular weight excluding hydrogens is 265 g/mol. The quantitative estimate of drug-likeness (QED) is 0.932. The van der Waals surface area contributed by atoms with Crippen LogP contribution in [0.15, 0.2) is 48.5 Å². The summed E-state index contributed by atoms with van der Waals surface area (Å²) in [6, 6.07) is 12.9. The van der Waals surface area contributed by atoms with E-state index >= 15 is 0 Å². The first-order valence-corrected chi connectivity index (χ1v) is 6.23. The zero-order chi connectivity index (χ0) is 13.8. The van der Waals surface area contributed by atoms with Gasteiger partial charge in [0.25, 0.3) is 0 Å². The van der Waals surface area contributed by atoms with Gasteiger partial charge >= 0.3 is 0 Å². The van der Waals surface area contributed by atoms with Gasteiger partial charge in [0.05, 0.1) is 11.1 Å². The van der Waals surface area contributed by atoms with E-state index in [9.17, 15) is 9.18 Å². The topological polar surface area (TPSA) is 43.1 Å². The number of carbonyl (C=O) groups excluding carboxylic acids is 1. The van der Waals surface area contributed by atoms with Gasteiger partial charge in [0.1, 0.15) is 5.82 Å². The van der Waals surface area contributed by atoms with Crippen LogP contribution >= 0.6 is 11.6 Å². The number of carbonyl (C=O) groups is 1. The molecule has 0 bridgehead atoms. The minimum atomic E-state index is -0.750. The second kappa shape index (κ2) is 5.95. The summed E-state index contributed by atoms with van der Waals surface area (Å²) in [5.41, 5.74) is 6.85. The van der Waals surface area contributed by atoms with Crippen LogP contribution < -0.4 is 5.73 Å². The fraction of sp³-hybridized carbons (Fsp3) is 0.133. The molecule has 2 rings (SSSR count). The molecule has 4 heteroatoms. The minimum absolute atomic E-state index is 0.0126. The number of halogens is 2. The van der Waals surface area contributed by atoms with Crippen LogP contribution in [0.2, 0.25) is 5.02 Å². The average Bonchev–Trinajstić information content (AvgIpc) is 2.44. The normalized spacial score (nSPS) is 12.2. The predicted molar refractivity (Wildman–Crippen MR) is 73.5 cm³/mol. The summed E-state index contributed by atoms with van der Waals surface area (Å²) in [5.74, 6) is -0.801. The summed E-state index contributed by atoms with van der Waals surface area (Å²) in [7, 11) is 0. The first-order valence-electron chi connectivity index (χ1n) is 5.85. The Kier molecular flexibility index (Phi) is 4.30. The molecule has 2 nitrogen and oxygen atoms in total. The summed E-state index contributed by atoms with van der Waals surface area (Å²) in [4.78, 5) is 12.0. The first kappa shape index (κ1) is 13.7. The van der Waals surface area contributed by atoms with Crippen molar-refractivity contribution in [3.05, 3.63) is 70.5 Å². The number of Topliss-reactive ketones (excluding diaryl/α,β-unsaturated/α-hetero) is 1. The molecule has 2 N–H and O–H groups in total. The summed E-state index contributed by atoms with van der Waals surface area (Å²) in [5, 5.41) is 0.0126. The molecule has 0 fully saturated rings. The van der Waals surface area contributed by atoms with Gasteiger partial charge < -0.3 is 5.73 Å². The molecular formula is C15H13ClFNO. The van der Waals surface area contributed by atoms with Crippen molar-refractivity contribution in [3.8, 4) is 0 Å². The van der Waals surface area contributed by atoms with Gasteiger partial charge in [-0.25, -0.2) is 4.39 Å². The summed E-state index contributed by atoms with van der Waals surface area (Å²) in [6.45, 7) is 0. The molecule has 0 unspecified atom stereocenters. The molecule has 0 aliphatic carbocycles. The monoisotopic (exact) mass is 277 g/mol. The third kappa shape index (κ3) is 3.19. The zero-order valence-corrected chi connectivity index (χ0v) is 10.9. The highest BCUT2D eigenvalue weighted by Gasteiger charge is 2.18. The van der Waals surface area contributed by atoms with Gasteiger partial charge in [0.15, 0.2) is 5.78 Å². The van der Waals surface area contributed by atoms with Gasteiger partial charge in [-0.2, -0.15) is 0 Å². The van der Waals surface area contributed by atoms with Crippen molar-refractivity contribution in [3.63, 3.8) is 0 Å². The van der Waals surface area contributed by atoms with Crippen molar-refractivity contribution in [1.82, 2.24) is 0 Å². The Morgan fingerprint density at radius 1 is 1.16 bits per heavy atom. The Morgan fingerprint density at radius 3 is 2.53 bits per heavy atom. The number of rotatable bonds is 4. The van der Waals surface area contributed by atoms with E-state index in [2.05, 4.69) is 0 Å². The molecule has 1 atom stereocenters. The maximum absolute atomic E-state index is 13.7. The standard InChI is InChI=1S/C15H13ClFNO/c16-12-8-4-7-11(14(12)17)9-13(19)15(18)10-5-2-1-3-6-10/h1-8,15H,9,18H2/t15-/m1/s1. The van der Waals surface area contributed by atoms with E-state index in [0.29, 0.717) is 0 Å². The zero-order valence-electron chi connectivity index (χ0n) is 10.1. The van der Waals surface area contributed by atoms with E-state index in [1.165, 1.54) is 12.1 Å². The van der Waals surface area contributed by atoms with Crippen LogP contribution in [-0.4, -0.2) is 5.78 Å². The highest BCUT2D eigenvalue weighted by Crippen LogP contribution is 2.20. The van der Waals surface area contributed by atoms with Gasteiger partial charge in [-0.1, -0.05) is 54.1 Å². The van der Waals surface area contributed by atoms with Crippen molar-refractivity contribution >= 4 is 17.4 Å². The van der Waals surface area contributed by atoms with E-state index in [0.717, 1.165) is 5.56 Å². The molecule has 0 aliphatic heterocycles. The van der Waals surface area contributed by atoms with E-state index in [-0.39, 0.29) is 22.8 Å². The summed E-state index contributed by atoms with van der Waals surface area (Å²) < 4.78 is 13.7. The molecule has 0 saturated carbocycles. The molecule has 0 aromatic heterocycles. The minimum Gasteiger partial charge on any atom is -0.318 e. The Hall–Kier alpha value is -1.71. The van der Waals surface area contributed by atoms with Crippen LogP contribution in [0.4, 0.5) is 4.39 Å². The number of ketones is 1. The lowest BCUT2D eigenvalue weighted by Crippen LogP contribution is -2.23. The maximum Gasteiger partial charge on any atom is 0.158 e. The molecule has 0 spiro atoms. The molecule has 2 aromatic carbocycles. The van der Waals surface area contributed by atoms with Crippen molar-refractivity contribution in [1.29, 1.82) is 0 Å². The van der Waals surface area contributed by atoms with E-state index in [4.69, 9.17) is 17.3 Å². The molecule has 0 radical (unpaired) electrons. The lowest BCUT2D eigenvalue weighted by Gasteiger charge is -2.11. The fourth-order valence-electron chi connectivity index (χ4n) is 1.83. The highest BCUT2D eigenvalue weighted by atomic mass is 35.5. The van der Waals surface area contributed by atoms with E-state index in [1.807, 2.05) is 18.2 Å². The highest BCUT2D eigenvalue weighted by molar-refractivity contribution is 6.30. The fourth-order valence-corrected chi connectivity index (χ4v) is 2.02. The summed E-state index contributed by atoms with van der Waals surface area (Å²) >= 11 is 5.68. The van der Waals surface area contributed by atoms with Gasteiger partial charge in [0, 0.05) is 6.42 Å². The molecule has 0 heterocycles. The van der Waals surface area contributed by atoms with Crippen LogP contribution in [0.1, 0.15) is 17.2 Å². The van der Waals surface area contributed by atoms with Crippen LogP contribution in [0.25, 0.3) is 0 Å². The first-order chi connectivity index (χ1) is 9.09. The summed E-state index contributed by atoms with van der Waals surface area (Å²) in [6.07, 6.45) is -0.0670. The lowest BCUT2D eigenvalue weighted by molar-refractivity contribution is -0.119. The largest absolute Gasteiger partial charge is 0.318 e. The number of hydrogen-bond acceptors (Lipinski definition) is 2. The average molecular weight is 278 g/mol. The van der Waals surface area contributed by atoms with Gasteiger partial charge in [-0.05, 0) is 17.2 Å². The van der Waals surface area contributed by atoms with Gasteiger partial charge in [-0.3, -0.25) is 4.79 Å². The van der Waals surface area contributed by atoms with Gasteiger partial charge in [0.2, 0.25) is 0 Å². The van der Waals surface area contributed by atoms with Crippen molar-refractivity contribution < 1.29 is 9.18 Å². The number of nitrogens with two attached hydrogens (primary N) is 1. The third-order valence-corrected chi connectivity index (χ3v) is 3.19. The van der Waals surface area contributed by atoms with Crippen LogP contribution in [0, 0.1) is 5.82 Å².